The van der Waals surface area contributed by atoms with Crippen LogP contribution in [0.25, 0.3) is 0 Å². The normalized spacial score (nSPS) is 16.2. The van der Waals surface area contributed by atoms with Crippen molar-refractivity contribution in [2.75, 3.05) is 7.11 Å². The molecule has 114 valence electrons. The molecule has 2 aromatic rings. The Labute approximate surface area is 132 Å². The molecule has 1 aromatic heterocycles. The Bertz CT molecular complexity index is 736. The van der Waals surface area contributed by atoms with Gasteiger partial charge in [0, 0.05) is 6.20 Å². The number of carbonyl (C=O) groups is 1. The Hall–Kier alpha value is -2.14. The minimum absolute atomic E-state index is 0.208. The number of carbonyl (C=O) groups excluding carboxylic acids is 1. The van der Waals surface area contributed by atoms with Gasteiger partial charge < -0.3 is 10.1 Å². The maximum Gasteiger partial charge on any atom is 0.257 e. The average Bonchev–Trinajstić information content (AvgIpc) is 2.89. The minimum Gasteiger partial charge on any atom is -0.480 e. The molecule has 22 heavy (non-hydrogen) atoms. The molecule has 1 unspecified atom stereocenters. The number of methoxy groups -OCH3 is 1. The number of pyridine rings is 1. The number of nitrogens with one attached hydrogen (secondary N) is 1. The first kappa shape index (κ1) is 14.8. The number of halogens is 2. The third-order valence-corrected chi connectivity index (χ3v) is 3.95. The minimum atomic E-state index is -0.339. The van der Waals surface area contributed by atoms with Gasteiger partial charge >= 0.3 is 0 Å². The van der Waals surface area contributed by atoms with Gasteiger partial charge in [0.15, 0.2) is 0 Å². The van der Waals surface area contributed by atoms with Crippen LogP contribution in [0.1, 0.15) is 33.9 Å². The van der Waals surface area contributed by atoms with Crippen LogP contribution in [0.4, 0.5) is 4.39 Å². The summed E-state index contributed by atoms with van der Waals surface area (Å²) in [6.45, 7) is 0. The van der Waals surface area contributed by atoms with Crippen LogP contribution in [-0.2, 0) is 6.42 Å². The van der Waals surface area contributed by atoms with E-state index in [9.17, 15) is 9.18 Å². The molecular formula is C16H14ClFN2O2. The molecule has 1 amide bonds. The fourth-order valence-corrected chi connectivity index (χ4v) is 2.87. The van der Waals surface area contributed by atoms with Crippen LogP contribution in [0.2, 0.25) is 5.02 Å². The van der Waals surface area contributed by atoms with E-state index in [1.165, 1.54) is 31.5 Å². The van der Waals surface area contributed by atoms with E-state index in [2.05, 4.69) is 10.3 Å². The number of fused-ring (bicyclic) bond motifs is 1. The average molecular weight is 321 g/mol. The Morgan fingerprint density at radius 1 is 1.45 bits per heavy atom. The summed E-state index contributed by atoms with van der Waals surface area (Å²) in [5.74, 6) is -0.435. The summed E-state index contributed by atoms with van der Waals surface area (Å²) in [5.41, 5.74) is 2.14. The van der Waals surface area contributed by atoms with Crippen LogP contribution in [0.3, 0.4) is 0 Å². The highest BCUT2D eigenvalue weighted by Gasteiger charge is 2.26. The lowest BCUT2D eigenvalue weighted by Gasteiger charge is -2.15. The van der Waals surface area contributed by atoms with Gasteiger partial charge in [-0.2, -0.15) is 0 Å². The Morgan fingerprint density at radius 2 is 2.27 bits per heavy atom. The first-order chi connectivity index (χ1) is 10.6. The van der Waals surface area contributed by atoms with Crippen molar-refractivity contribution in [3.05, 3.63) is 58.0 Å². The van der Waals surface area contributed by atoms with Crippen molar-refractivity contribution in [2.24, 2.45) is 0 Å². The van der Waals surface area contributed by atoms with Crippen molar-refractivity contribution in [2.45, 2.75) is 18.9 Å². The first-order valence-electron chi connectivity index (χ1n) is 6.87. The molecule has 1 aliphatic rings. The van der Waals surface area contributed by atoms with E-state index in [1.807, 2.05) is 0 Å². The lowest BCUT2D eigenvalue weighted by molar-refractivity contribution is 0.0933. The van der Waals surface area contributed by atoms with E-state index in [1.54, 1.807) is 6.07 Å². The molecule has 1 aromatic carbocycles. The molecule has 4 nitrogen and oxygen atoms in total. The van der Waals surface area contributed by atoms with Gasteiger partial charge in [-0.15, -0.1) is 0 Å². The molecule has 0 spiro atoms. The van der Waals surface area contributed by atoms with Crippen molar-refractivity contribution in [3.63, 3.8) is 0 Å². The summed E-state index contributed by atoms with van der Waals surface area (Å²) in [6, 6.07) is 5.96. The van der Waals surface area contributed by atoms with Gasteiger partial charge in [0.25, 0.3) is 5.91 Å². The predicted octanol–water partition coefficient (Wildman–Crippen LogP) is 3.30. The molecule has 0 bridgehead atoms. The highest BCUT2D eigenvalue weighted by Crippen LogP contribution is 2.32. The topological polar surface area (TPSA) is 51.2 Å². The maximum absolute atomic E-state index is 13.4. The van der Waals surface area contributed by atoms with Crippen LogP contribution in [0.5, 0.6) is 5.88 Å². The highest BCUT2D eigenvalue weighted by atomic mass is 35.5. The van der Waals surface area contributed by atoms with Crippen molar-refractivity contribution in [1.29, 1.82) is 0 Å². The largest absolute Gasteiger partial charge is 0.480 e. The maximum atomic E-state index is 13.4. The van der Waals surface area contributed by atoms with E-state index >= 15 is 0 Å². The summed E-state index contributed by atoms with van der Waals surface area (Å²) < 4.78 is 18.5. The van der Waals surface area contributed by atoms with Gasteiger partial charge in [-0.3, -0.25) is 4.79 Å². The molecular weight excluding hydrogens is 307 g/mol. The molecule has 1 atom stereocenters. The molecule has 0 aliphatic heterocycles. The van der Waals surface area contributed by atoms with E-state index in [0.29, 0.717) is 5.02 Å². The van der Waals surface area contributed by atoms with Gasteiger partial charge in [0.1, 0.15) is 11.4 Å². The van der Waals surface area contributed by atoms with Crippen molar-refractivity contribution in [3.8, 4) is 5.88 Å². The van der Waals surface area contributed by atoms with Gasteiger partial charge in [0.2, 0.25) is 5.88 Å². The summed E-state index contributed by atoms with van der Waals surface area (Å²) in [4.78, 5) is 16.4. The third kappa shape index (κ3) is 2.76. The zero-order chi connectivity index (χ0) is 15.7. The molecule has 1 heterocycles. The number of rotatable bonds is 3. The number of benzene rings is 1. The van der Waals surface area contributed by atoms with Crippen molar-refractivity contribution >= 4 is 17.5 Å². The molecule has 3 rings (SSSR count). The lowest BCUT2D eigenvalue weighted by atomic mass is 10.1. The van der Waals surface area contributed by atoms with E-state index in [0.717, 1.165) is 24.0 Å². The zero-order valence-corrected chi connectivity index (χ0v) is 12.7. The van der Waals surface area contributed by atoms with Crippen LogP contribution >= 0.6 is 11.6 Å². The molecule has 6 heteroatoms. The number of hydrogen-bond donors (Lipinski definition) is 1. The summed E-state index contributed by atoms with van der Waals surface area (Å²) in [5, 5.41) is 3.25. The molecule has 0 radical (unpaired) electrons. The molecule has 0 fully saturated rings. The predicted molar refractivity (Wildman–Crippen MR) is 80.7 cm³/mol. The number of aromatic nitrogens is 1. The van der Waals surface area contributed by atoms with Crippen LogP contribution in [0, 0.1) is 5.82 Å². The summed E-state index contributed by atoms with van der Waals surface area (Å²) >= 11 is 5.89. The van der Waals surface area contributed by atoms with Crippen LogP contribution in [-0.4, -0.2) is 18.0 Å². The summed E-state index contributed by atoms with van der Waals surface area (Å²) in [6.07, 6.45) is 2.96. The molecule has 1 aliphatic carbocycles. The van der Waals surface area contributed by atoms with Gasteiger partial charge in [-0.05, 0) is 42.2 Å². The molecule has 1 N–H and O–H groups in total. The van der Waals surface area contributed by atoms with E-state index < -0.39 is 0 Å². The number of amides is 1. The van der Waals surface area contributed by atoms with E-state index in [4.69, 9.17) is 16.3 Å². The number of ether oxygens (including phenoxy) is 1. The zero-order valence-electron chi connectivity index (χ0n) is 11.9. The quantitative estimate of drug-likeness (QED) is 0.944. The highest BCUT2D eigenvalue weighted by molar-refractivity contribution is 6.30. The SMILES string of the molecule is COc1ncc(Cl)cc1C(=O)NC1CCc2ccc(F)cc21. The van der Waals surface area contributed by atoms with Crippen molar-refractivity contribution in [1.82, 2.24) is 10.3 Å². The number of hydrogen-bond acceptors (Lipinski definition) is 3. The first-order valence-corrected chi connectivity index (χ1v) is 7.25. The van der Waals surface area contributed by atoms with Gasteiger partial charge in [-0.25, -0.2) is 9.37 Å². The molecule has 0 saturated heterocycles. The van der Waals surface area contributed by atoms with Gasteiger partial charge in [-0.1, -0.05) is 17.7 Å². The fourth-order valence-electron chi connectivity index (χ4n) is 2.71. The lowest BCUT2D eigenvalue weighted by Crippen LogP contribution is -2.27. The monoisotopic (exact) mass is 320 g/mol. The Balaban J connectivity index is 1.85. The fraction of sp³-hybridized carbons (Fsp3) is 0.250. The van der Waals surface area contributed by atoms with Crippen LogP contribution < -0.4 is 10.1 Å². The Kier molecular flexibility index (Phi) is 3.98. The number of nitrogens with zero attached hydrogens (tertiary/aromatic N) is 1. The molecule has 0 saturated carbocycles. The smallest absolute Gasteiger partial charge is 0.257 e. The summed E-state index contributed by atoms with van der Waals surface area (Å²) in [7, 11) is 1.44. The van der Waals surface area contributed by atoms with Gasteiger partial charge in [0.05, 0.1) is 18.2 Å². The van der Waals surface area contributed by atoms with Crippen LogP contribution in [0.15, 0.2) is 30.5 Å². The van der Waals surface area contributed by atoms with E-state index in [-0.39, 0.29) is 29.2 Å². The number of aryl methyl sites for hydroxylation is 1. The standard InChI is InChI=1S/C16H14ClFN2O2/c1-22-16-13(6-10(17)8-19-16)15(21)20-14-5-3-9-2-4-11(18)7-12(9)14/h2,4,6-8,14H,3,5H2,1H3,(H,20,21). The third-order valence-electron chi connectivity index (χ3n) is 3.75. The second-order valence-electron chi connectivity index (χ2n) is 5.12. The Morgan fingerprint density at radius 3 is 3.05 bits per heavy atom. The second-order valence-corrected chi connectivity index (χ2v) is 5.55. The second kappa shape index (κ2) is 5.93. The van der Waals surface area contributed by atoms with Crippen molar-refractivity contribution < 1.29 is 13.9 Å².